The number of benzene rings is 1. The lowest BCUT2D eigenvalue weighted by Gasteiger charge is -2.34. The molecule has 2 rings (SSSR count). The number of carbonyl (C=O) groups excluding carboxylic acids is 1. The van der Waals surface area contributed by atoms with Crippen LogP contribution in [0.4, 0.5) is 0 Å². The monoisotopic (exact) mass is 312 g/mol. The number of alkyl halides is 1. The van der Waals surface area contributed by atoms with Gasteiger partial charge in [-0.15, -0.1) is 11.6 Å². The number of piperazine rings is 1. The van der Waals surface area contributed by atoms with Crippen molar-refractivity contribution >= 4 is 17.5 Å². The summed E-state index contributed by atoms with van der Waals surface area (Å²) in [5, 5.41) is 0. The predicted molar refractivity (Wildman–Crippen MR) is 82.1 cm³/mol. The van der Waals surface area contributed by atoms with Crippen molar-refractivity contribution in [3.8, 4) is 11.5 Å². The standard InChI is InChI=1S/C15H21ClN2O3/c1-20-13-5-3-4-12(15(13)21-2)11-17-6-8-18(9-7-17)14(19)10-16/h3-5H,6-11H2,1-2H3. The first-order valence-electron chi connectivity index (χ1n) is 6.95. The van der Waals surface area contributed by atoms with E-state index in [9.17, 15) is 4.79 Å². The first kappa shape index (κ1) is 15.9. The van der Waals surface area contributed by atoms with Gasteiger partial charge in [-0.05, 0) is 6.07 Å². The minimum atomic E-state index is 0.00952. The molecule has 116 valence electrons. The van der Waals surface area contributed by atoms with Crippen LogP contribution in [0.5, 0.6) is 11.5 Å². The Kier molecular flexibility index (Phi) is 5.70. The maximum absolute atomic E-state index is 11.6. The quantitative estimate of drug-likeness (QED) is 0.774. The highest BCUT2D eigenvalue weighted by Crippen LogP contribution is 2.31. The zero-order chi connectivity index (χ0) is 15.2. The molecule has 0 N–H and O–H groups in total. The molecule has 1 saturated heterocycles. The number of hydrogen-bond acceptors (Lipinski definition) is 4. The average Bonchev–Trinajstić information content (AvgIpc) is 2.54. The second-order valence-corrected chi connectivity index (χ2v) is 5.21. The summed E-state index contributed by atoms with van der Waals surface area (Å²) in [4.78, 5) is 15.7. The minimum Gasteiger partial charge on any atom is -0.493 e. The summed E-state index contributed by atoms with van der Waals surface area (Å²) in [5.41, 5.74) is 1.09. The first-order chi connectivity index (χ1) is 10.2. The van der Waals surface area contributed by atoms with Crippen LogP contribution in [0.25, 0.3) is 0 Å². The fraction of sp³-hybridized carbons (Fsp3) is 0.533. The third-order valence-electron chi connectivity index (χ3n) is 3.72. The van der Waals surface area contributed by atoms with Gasteiger partial charge in [0.25, 0.3) is 0 Å². The summed E-state index contributed by atoms with van der Waals surface area (Å²) in [6.45, 7) is 3.89. The molecule has 0 aliphatic carbocycles. The van der Waals surface area contributed by atoms with Gasteiger partial charge < -0.3 is 14.4 Å². The molecule has 1 aromatic carbocycles. The van der Waals surface area contributed by atoms with Crippen molar-refractivity contribution in [1.82, 2.24) is 9.80 Å². The van der Waals surface area contributed by atoms with Crippen molar-refractivity contribution in [1.29, 1.82) is 0 Å². The Bertz CT molecular complexity index is 488. The van der Waals surface area contributed by atoms with Crippen molar-refractivity contribution in [2.45, 2.75) is 6.54 Å². The highest BCUT2D eigenvalue weighted by molar-refractivity contribution is 6.27. The molecular weight excluding hydrogens is 292 g/mol. The Morgan fingerprint density at radius 2 is 1.90 bits per heavy atom. The molecule has 1 aliphatic heterocycles. The summed E-state index contributed by atoms with van der Waals surface area (Å²) >= 11 is 5.59. The van der Waals surface area contributed by atoms with E-state index >= 15 is 0 Å². The molecule has 0 atom stereocenters. The van der Waals surface area contributed by atoms with Gasteiger partial charge in [-0.2, -0.15) is 0 Å². The normalized spacial score (nSPS) is 15.9. The SMILES string of the molecule is COc1cccc(CN2CCN(C(=O)CCl)CC2)c1OC. The molecule has 1 aliphatic rings. The van der Waals surface area contributed by atoms with Crippen molar-refractivity contribution in [2.24, 2.45) is 0 Å². The van der Waals surface area contributed by atoms with Crippen molar-refractivity contribution in [3.63, 3.8) is 0 Å². The summed E-state index contributed by atoms with van der Waals surface area (Å²) in [5.74, 6) is 1.59. The first-order valence-corrected chi connectivity index (χ1v) is 7.49. The molecule has 0 spiro atoms. The van der Waals surface area contributed by atoms with E-state index < -0.39 is 0 Å². The van der Waals surface area contributed by atoms with E-state index in [1.54, 1.807) is 14.2 Å². The number of methoxy groups -OCH3 is 2. The largest absolute Gasteiger partial charge is 0.493 e. The summed E-state index contributed by atoms with van der Waals surface area (Å²) in [6.07, 6.45) is 0. The fourth-order valence-electron chi connectivity index (χ4n) is 2.56. The maximum Gasteiger partial charge on any atom is 0.237 e. The predicted octanol–water partition coefficient (Wildman–Crippen LogP) is 1.59. The van der Waals surface area contributed by atoms with Crippen molar-refractivity contribution < 1.29 is 14.3 Å². The van der Waals surface area contributed by atoms with Gasteiger partial charge in [-0.1, -0.05) is 12.1 Å². The van der Waals surface area contributed by atoms with Crippen LogP contribution in [0.1, 0.15) is 5.56 Å². The van der Waals surface area contributed by atoms with Crippen LogP contribution in [0, 0.1) is 0 Å². The Morgan fingerprint density at radius 3 is 2.48 bits per heavy atom. The Morgan fingerprint density at radius 1 is 1.19 bits per heavy atom. The van der Waals surface area contributed by atoms with Crippen LogP contribution in [0.2, 0.25) is 0 Å². The van der Waals surface area contributed by atoms with Gasteiger partial charge in [0, 0.05) is 38.3 Å². The molecule has 6 heteroatoms. The lowest BCUT2D eigenvalue weighted by molar-refractivity contribution is -0.130. The number of ether oxygens (including phenoxy) is 2. The molecule has 5 nitrogen and oxygen atoms in total. The molecule has 0 saturated carbocycles. The molecule has 1 fully saturated rings. The van der Waals surface area contributed by atoms with E-state index in [1.165, 1.54) is 0 Å². The number of hydrogen-bond donors (Lipinski definition) is 0. The van der Waals surface area contributed by atoms with E-state index in [1.807, 2.05) is 23.1 Å². The van der Waals surface area contributed by atoms with Crippen LogP contribution >= 0.6 is 11.6 Å². The highest BCUT2D eigenvalue weighted by Gasteiger charge is 2.21. The second kappa shape index (κ2) is 7.52. The lowest BCUT2D eigenvalue weighted by atomic mass is 10.1. The number of nitrogens with zero attached hydrogens (tertiary/aromatic N) is 2. The van der Waals surface area contributed by atoms with Crippen LogP contribution in [0.3, 0.4) is 0 Å². The van der Waals surface area contributed by atoms with Crippen molar-refractivity contribution in [2.75, 3.05) is 46.3 Å². The molecule has 0 unspecified atom stereocenters. The maximum atomic E-state index is 11.6. The molecule has 1 heterocycles. The second-order valence-electron chi connectivity index (χ2n) is 4.94. The van der Waals surface area contributed by atoms with Gasteiger partial charge in [0.2, 0.25) is 5.91 Å². The summed E-state index contributed by atoms with van der Waals surface area (Å²) < 4.78 is 10.8. The van der Waals surface area contributed by atoms with E-state index in [0.717, 1.165) is 49.8 Å². The van der Waals surface area contributed by atoms with Gasteiger partial charge in [-0.3, -0.25) is 9.69 Å². The van der Waals surface area contributed by atoms with Gasteiger partial charge in [0.15, 0.2) is 11.5 Å². The zero-order valence-corrected chi connectivity index (χ0v) is 13.2. The minimum absolute atomic E-state index is 0.00952. The van der Waals surface area contributed by atoms with Crippen molar-refractivity contribution in [3.05, 3.63) is 23.8 Å². The van der Waals surface area contributed by atoms with E-state index in [-0.39, 0.29) is 11.8 Å². The third kappa shape index (κ3) is 3.80. The fourth-order valence-corrected chi connectivity index (χ4v) is 2.73. The molecular formula is C15H21ClN2O3. The number of carbonyl (C=O) groups is 1. The summed E-state index contributed by atoms with van der Waals surface area (Å²) in [6, 6.07) is 5.89. The van der Waals surface area contributed by atoms with Crippen LogP contribution in [-0.2, 0) is 11.3 Å². The molecule has 21 heavy (non-hydrogen) atoms. The zero-order valence-electron chi connectivity index (χ0n) is 12.5. The van der Waals surface area contributed by atoms with E-state index in [4.69, 9.17) is 21.1 Å². The molecule has 0 bridgehead atoms. The third-order valence-corrected chi connectivity index (χ3v) is 3.95. The Hall–Kier alpha value is -1.46. The average molecular weight is 313 g/mol. The molecule has 1 amide bonds. The molecule has 0 radical (unpaired) electrons. The van der Waals surface area contributed by atoms with Crippen LogP contribution < -0.4 is 9.47 Å². The van der Waals surface area contributed by atoms with Gasteiger partial charge in [-0.25, -0.2) is 0 Å². The topological polar surface area (TPSA) is 42.0 Å². The Labute approximate surface area is 130 Å². The number of halogens is 1. The van der Waals surface area contributed by atoms with Crippen LogP contribution in [-0.4, -0.2) is 62.0 Å². The van der Waals surface area contributed by atoms with Gasteiger partial charge in [0.05, 0.1) is 14.2 Å². The van der Waals surface area contributed by atoms with E-state index in [0.29, 0.717) is 0 Å². The smallest absolute Gasteiger partial charge is 0.237 e. The number of rotatable bonds is 5. The number of para-hydroxylation sites is 1. The van der Waals surface area contributed by atoms with Gasteiger partial charge in [0.1, 0.15) is 5.88 Å². The molecule has 1 aromatic rings. The molecule has 0 aromatic heterocycles. The van der Waals surface area contributed by atoms with E-state index in [2.05, 4.69) is 4.90 Å². The number of amides is 1. The van der Waals surface area contributed by atoms with Crippen LogP contribution in [0.15, 0.2) is 18.2 Å². The van der Waals surface area contributed by atoms with Gasteiger partial charge >= 0.3 is 0 Å². The Balaban J connectivity index is 1.99. The lowest BCUT2D eigenvalue weighted by Crippen LogP contribution is -2.48. The summed E-state index contributed by atoms with van der Waals surface area (Å²) in [7, 11) is 3.29. The highest BCUT2D eigenvalue weighted by atomic mass is 35.5.